The molecule has 1 N–H and O–H groups in total. The monoisotopic (exact) mass is 222 g/mol. The van der Waals surface area contributed by atoms with Crippen LogP contribution in [0.2, 0.25) is 0 Å². The summed E-state index contributed by atoms with van der Waals surface area (Å²) < 4.78 is 0. The molecular weight excluding hydrogens is 208 g/mol. The second kappa shape index (κ2) is 4.42. The molecule has 0 unspecified atom stereocenters. The van der Waals surface area contributed by atoms with Crippen LogP contribution in [0.4, 0.5) is 0 Å². The minimum absolute atomic E-state index is 0.873. The molecule has 0 saturated carbocycles. The van der Waals surface area contributed by atoms with E-state index in [4.69, 9.17) is 0 Å². The van der Waals surface area contributed by atoms with Crippen LogP contribution in [0.25, 0.3) is 11.1 Å². The molecular formula is C15H14N2. The van der Waals surface area contributed by atoms with Gasteiger partial charge in [-0.2, -0.15) is 0 Å². The first-order chi connectivity index (χ1) is 8.45. The van der Waals surface area contributed by atoms with Gasteiger partial charge in [0.1, 0.15) is 5.84 Å². The van der Waals surface area contributed by atoms with Crippen molar-refractivity contribution in [2.45, 2.75) is 0 Å². The van der Waals surface area contributed by atoms with Crippen molar-refractivity contribution in [1.29, 1.82) is 0 Å². The number of benzene rings is 2. The van der Waals surface area contributed by atoms with Gasteiger partial charge in [-0.1, -0.05) is 54.6 Å². The van der Waals surface area contributed by atoms with Crippen molar-refractivity contribution < 1.29 is 0 Å². The van der Waals surface area contributed by atoms with Gasteiger partial charge >= 0.3 is 0 Å². The Kier molecular flexibility index (Phi) is 2.62. The molecule has 1 heterocycles. The maximum atomic E-state index is 4.50. The van der Waals surface area contributed by atoms with Crippen molar-refractivity contribution in [3.63, 3.8) is 0 Å². The zero-order chi connectivity index (χ0) is 11.5. The lowest BCUT2D eigenvalue weighted by atomic mass is 9.99. The summed E-state index contributed by atoms with van der Waals surface area (Å²) in [6.07, 6.45) is 0. The summed E-state index contributed by atoms with van der Waals surface area (Å²) in [5.74, 6) is 1.02. The highest BCUT2D eigenvalue weighted by Gasteiger charge is 2.12. The van der Waals surface area contributed by atoms with E-state index in [9.17, 15) is 0 Å². The molecule has 3 rings (SSSR count). The molecule has 0 aromatic heterocycles. The van der Waals surface area contributed by atoms with Crippen molar-refractivity contribution in [1.82, 2.24) is 5.32 Å². The van der Waals surface area contributed by atoms with Gasteiger partial charge in [0.2, 0.25) is 0 Å². The third-order valence-electron chi connectivity index (χ3n) is 2.94. The van der Waals surface area contributed by atoms with Gasteiger partial charge in [-0.25, -0.2) is 0 Å². The Morgan fingerprint density at radius 3 is 2.24 bits per heavy atom. The lowest BCUT2D eigenvalue weighted by molar-refractivity contribution is 0.960. The Balaban J connectivity index is 2.11. The van der Waals surface area contributed by atoms with Crippen molar-refractivity contribution in [3.8, 4) is 11.1 Å². The van der Waals surface area contributed by atoms with E-state index in [2.05, 4.69) is 58.8 Å². The molecule has 2 aromatic rings. The zero-order valence-electron chi connectivity index (χ0n) is 9.56. The second-order valence-electron chi connectivity index (χ2n) is 4.07. The van der Waals surface area contributed by atoms with E-state index in [1.165, 1.54) is 16.7 Å². The average molecular weight is 222 g/mol. The molecule has 0 atom stereocenters. The first-order valence-corrected chi connectivity index (χ1v) is 5.88. The number of hydrogen-bond acceptors (Lipinski definition) is 2. The fraction of sp³-hybridized carbons (Fsp3) is 0.133. The topological polar surface area (TPSA) is 24.4 Å². The number of nitrogens with one attached hydrogen (secondary N) is 1. The number of nitrogens with zero attached hydrogens (tertiary/aromatic N) is 1. The highest BCUT2D eigenvalue weighted by atomic mass is 15.1. The maximum Gasteiger partial charge on any atom is 0.129 e. The highest BCUT2D eigenvalue weighted by molar-refractivity contribution is 6.05. The van der Waals surface area contributed by atoms with Gasteiger partial charge < -0.3 is 5.32 Å². The van der Waals surface area contributed by atoms with E-state index in [1.807, 2.05) is 6.07 Å². The Morgan fingerprint density at radius 2 is 1.53 bits per heavy atom. The van der Waals surface area contributed by atoms with Gasteiger partial charge in [0, 0.05) is 12.1 Å². The summed E-state index contributed by atoms with van der Waals surface area (Å²) in [6, 6.07) is 18.8. The Labute approximate surface area is 101 Å². The third-order valence-corrected chi connectivity index (χ3v) is 2.94. The first-order valence-electron chi connectivity index (χ1n) is 5.88. The molecule has 2 nitrogen and oxygen atoms in total. The molecule has 2 heteroatoms. The summed E-state index contributed by atoms with van der Waals surface area (Å²) in [7, 11) is 0. The quantitative estimate of drug-likeness (QED) is 0.830. The minimum atomic E-state index is 0.873. The Hall–Kier alpha value is -2.09. The van der Waals surface area contributed by atoms with E-state index in [-0.39, 0.29) is 0 Å². The van der Waals surface area contributed by atoms with Crippen molar-refractivity contribution in [2.24, 2.45) is 4.99 Å². The molecule has 0 spiro atoms. The Bertz CT molecular complexity index is 544. The van der Waals surface area contributed by atoms with Crippen LogP contribution in [0.1, 0.15) is 5.56 Å². The van der Waals surface area contributed by atoms with Crippen LogP contribution in [0.15, 0.2) is 59.6 Å². The molecule has 2 aromatic carbocycles. The predicted octanol–water partition coefficient (Wildman–Crippen LogP) is 2.70. The van der Waals surface area contributed by atoms with E-state index < -0.39 is 0 Å². The summed E-state index contributed by atoms with van der Waals surface area (Å²) >= 11 is 0. The fourth-order valence-corrected chi connectivity index (χ4v) is 2.14. The molecule has 1 aliphatic rings. The summed E-state index contributed by atoms with van der Waals surface area (Å²) in [6.45, 7) is 1.82. The van der Waals surface area contributed by atoms with Gasteiger partial charge in [-0.05, 0) is 11.1 Å². The standard InChI is InChI=1S/C15H14N2/c1-2-6-12(7-3-1)13-8-4-5-9-14(13)15-16-10-11-17-15/h1-9H,10-11H2,(H,16,17). The van der Waals surface area contributed by atoms with E-state index in [0.717, 1.165) is 18.9 Å². The molecule has 84 valence electrons. The van der Waals surface area contributed by atoms with Gasteiger partial charge in [0.15, 0.2) is 0 Å². The van der Waals surface area contributed by atoms with Crippen molar-refractivity contribution in [3.05, 3.63) is 60.2 Å². The second-order valence-corrected chi connectivity index (χ2v) is 4.07. The van der Waals surface area contributed by atoms with Gasteiger partial charge in [0.25, 0.3) is 0 Å². The normalized spacial score (nSPS) is 14.2. The van der Waals surface area contributed by atoms with E-state index >= 15 is 0 Å². The predicted molar refractivity (Wildman–Crippen MR) is 71.3 cm³/mol. The van der Waals surface area contributed by atoms with Gasteiger partial charge in [-0.15, -0.1) is 0 Å². The molecule has 0 bridgehead atoms. The number of aliphatic imine (C=N–C) groups is 1. The zero-order valence-corrected chi connectivity index (χ0v) is 9.56. The maximum absolute atomic E-state index is 4.50. The van der Waals surface area contributed by atoms with Crippen LogP contribution in [0.3, 0.4) is 0 Å². The van der Waals surface area contributed by atoms with Crippen LogP contribution in [0, 0.1) is 0 Å². The van der Waals surface area contributed by atoms with E-state index in [1.54, 1.807) is 0 Å². The number of amidine groups is 1. The Morgan fingerprint density at radius 1 is 0.824 bits per heavy atom. The molecule has 0 saturated heterocycles. The minimum Gasteiger partial charge on any atom is -0.368 e. The lowest BCUT2D eigenvalue weighted by Crippen LogP contribution is -2.20. The SMILES string of the molecule is c1ccc(-c2ccccc2C2=NCCN2)cc1. The van der Waals surface area contributed by atoms with Crippen LogP contribution in [0.5, 0.6) is 0 Å². The van der Waals surface area contributed by atoms with Crippen LogP contribution >= 0.6 is 0 Å². The number of rotatable bonds is 2. The average Bonchev–Trinajstić information content (AvgIpc) is 2.94. The molecule has 1 aliphatic heterocycles. The first kappa shape index (κ1) is 10.1. The van der Waals surface area contributed by atoms with E-state index in [0.29, 0.717) is 0 Å². The van der Waals surface area contributed by atoms with Gasteiger partial charge in [-0.3, -0.25) is 4.99 Å². The summed E-state index contributed by atoms with van der Waals surface area (Å²) in [5, 5.41) is 3.33. The summed E-state index contributed by atoms with van der Waals surface area (Å²) in [5.41, 5.74) is 3.66. The summed E-state index contributed by atoms with van der Waals surface area (Å²) in [4.78, 5) is 4.50. The lowest BCUT2D eigenvalue weighted by Gasteiger charge is -2.09. The highest BCUT2D eigenvalue weighted by Crippen LogP contribution is 2.23. The van der Waals surface area contributed by atoms with Crippen LogP contribution in [-0.2, 0) is 0 Å². The van der Waals surface area contributed by atoms with Crippen LogP contribution < -0.4 is 5.32 Å². The molecule has 0 radical (unpaired) electrons. The van der Waals surface area contributed by atoms with Crippen LogP contribution in [-0.4, -0.2) is 18.9 Å². The largest absolute Gasteiger partial charge is 0.368 e. The molecule has 0 fully saturated rings. The van der Waals surface area contributed by atoms with Crippen molar-refractivity contribution in [2.75, 3.05) is 13.1 Å². The van der Waals surface area contributed by atoms with Gasteiger partial charge in [0.05, 0.1) is 6.54 Å². The number of hydrogen-bond donors (Lipinski definition) is 1. The fourth-order valence-electron chi connectivity index (χ4n) is 2.14. The molecule has 0 amide bonds. The van der Waals surface area contributed by atoms with Crippen molar-refractivity contribution >= 4 is 5.84 Å². The molecule has 0 aliphatic carbocycles. The smallest absolute Gasteiger partial charge is 0.129 e. The third kappa shape index (κ3) is 1.94. The molecule has 17 heavy (non-hydrogen) atoms.